The van der Waals surface area contributed by atoms with Crippen LogP contribution in [0.3, 0.4) is 0 Å². The van der Waals surface area contributed by atoms with Crippen LogP contribution < -0.4 is 19.1 Å². The van der Waals surface area contributed by atoms with Crippen LogP contribution in [-0.4, -0.2) is 65.0 Å². The number of carbonyl (C=O) groups excluding carboxylic acids is 2. The van der Waals surface area contributed by atoms with E-state index in [1.807, 2.05) is 51.1 Å². The highest BCUT2D eigenvalue weighted by molar-refractivity contribution is 7.92. The Morgan fingerprint density at radius 3 is 2.16 bits per heavy atom. The van der Waals surface area contributed by atoms with Crippen molar-refractivity contribution in [1.82, 2.24) is 10.2 Å². The first-order chi connectivity index (χ1) is 20.5. The summed E-state index contributed by atoms with van der Waals surface area (Å²) < 4.78 is 39.9. The number of ether oxygens (including phenoxy) is 2. The van der Waals surface area contributed by atoms with E-state index >= 15 is 0 Å². The molecular weight excluding hydrogens is 590 g/mol. The monoisotopic (exact) mass is 629 g/mol. The molecule has 43 heavy (non-hydrogen) atoms. The number of amides is 2. The number of benzene rings is 3. The van der Waals surface area contributed by atoms with Crippen molar-refractivity contribution >= 4 is 39.1 Å². The molecule has 1 atom stereocenters. The van der Waals surface area contributed by atoms with E-state index in [2.05, 4.69) is 5.32 Å². The number of rotatable bonds is 15. The first-order valence-electron chi connectivity index (χ1n) is 14.1. The Bertz CT molecular complexity index is 1470. The number of sulfonamides is 1. The van der Waals surface area contributed by atoms with Crippen LogP contribution in [-0.2, 0) is 26.0 Å². The molecule has 0 aliphatic carbocycles. The molecule has 3 aromatic carbocycles. The third kappa shape index (κ3) is 8.87. The van der Waals surface area contributed by atoms with E-state index < -0.39 is 28.5 Å². The molecule has 11 heteroatoms. The molecule has 0 saturated heterocycles. The SMILES string of the molecule is CC[C@H](C(=O)NCC(C)C)N(CCc1ccccc1)C(=O)CN(c1ccc(Cl)cc1)S(=O)(=O)c1ccc(OC)c(OC)c1. The normalized spacial score (nSPS) is 12.0. The summed E-state index contributed by atoms with van der Waals surface area (Å²) in [5, 5.41) is 3.35. The Labute approximate surface area is 259 Å². The minimum absolute atomic E-state index is 0.0922. The van der Waals surface area contributed by atoms with Crippen LogP contribution in [0, 0.1) is 5.92 Å². The van der Waals surface area contributed by atoms with Crippen molar-refractivity contribution in [3.05, 3.63) is 83.4 Å². The summed E-state index contributed by atoms with van der Waals surface area (Å²) in [5.74, 6) is 0.0194. The maximum Gasteiger partial charge on any atom is 0.264 e. The summed E-state index contributed by atoms with van der Waals surface area (Å²) in [6.07, 6.45) is 0.845. The second-order valence-electron chi connectivity index (χ2n) is 10.4. The van der Waals surface area contributed by atoms with Crippen molar-refractivity contribution in [1.29, 1.82) is 0 Å². The highest BCUT2D eigenvalue weighted by Gasteiger charge is 2.34. The second kappa shape index (κ2) is 15.6. The lowest BCUT2D eigenvalue weighted by molar-refractivity contribution is -0.139. The lowest BCUT2D eigenvalue weighted by Gasteiger charge is -2.33. The van der Waals surface area contributed by atoms with Crippen LogP contribution >= 0.6 is 11.6 Å². The molecule has 3 aromatic rings. The smallest absolute Gasteiger partial charge is 0.264 e. The maximum absolute atomic E-state index is 14.1. The van der Waals surface area contributed by atoms with E-state index in [4.69, 9.17) is 21.1 Å². The van der Waals surface area contributed by atoms with E-state index in [9.17, 15) is 18.0 Å². The third-order valence-corrected chi connectivity index (χ3v) is 8.91. The Kier molecular flexibility index (Phi) is 12.3. The average Bonchev–Trinajstić information content (AvgIpc) is 3.01. The van der Waals surface area contributed by atoms with E-state index in [0.29, 0.717) is 30.2 Å². The minimum Gasteiger partial charge on any atom is -0.493 e. The van der Waals surface area contributed by atoms with E-state index in [1.165, 1.54) is 49.5 Å². The quantitative estimate of drug-likeness (QED) is 0.249. The number of carbonyl (C=O) groups is 2. The first-order valence-corrected chi connectivity index (χ1v) is 15.9. The second-order valence-corrected chi connectivity index (χ2v) is 12.7. The molecule has 0 radical (unpaired) electrons. The molecule has 0 spiro atoms. The molecule has 2 amide bonds. The maximum atomic E-state index is 14.1. The molecular formula is C32H40ClN3O6S. The molecule has 0 aromatic heterocycles. The van der Waals surface area contributed by atoms with Gasteiger partial charge < -0.3 is 19.7 Å². The van der Waals surface area contributed by atoms with Gasteiger partial charge in [-0.05, 0) is 60.7 Å². The number of anilines is 1. The molecule has 0 bridgehead atoms. The van der Waals surface area contributed by atoms with Gasteiger partial charge in [-0.1, -0.05) is 62.7 Å². The van der Waals surface area contributed by atoms with Crippen molar-refractivity contribution in [2.45, 2.75) is 44.6 Å². The summed E-state index contributed by atoms with van der Waals surface area (Å²) in [7, 11) is -1.42. The van der Waals surface area contributed by atoms with E-state index in [0.717, 1.165) is 9.87 Å². The number of hydrogen-bond donors (Lipinski definition) is 1. The van der Waals surface area contributed by atoms with Gasteiger partial charge in [-0.15, -0.1) is 0 Å². The molecule has 1 N–H and O–H groups in total. The summed E-state index contributed by atoms with van der Waals surface area (Å²) in [4.78, 5) is 28.8. The summed E-state index contributed by atoms with van der Waals surface area (Å²) >= 11 is 6.11. The lowest BCUT2D eigenvalue weighted by atomic mass is 10.1. The van der Waals surface area contributed by atoms with Crippen LogP contribution in [0.4, 0.5) is 5.69 Å². The van der Waals surface area contributed by atoms with Crippen molar-refractivity contribution < 1.29 is 27.5 Å². The number of methoxy groups -OCH3 is 2. The van der Waals surface area contributed by atoms with Gasteiger partial charge in [0.2, 0.25) is 11.8 Å². The topological polar surface area (TPSA) is 105 Å². The highest BCUT2D eigenvalue weighted by atomic mass is 35.5. The van der Waals surface area contributed by atoms with Crippen LogP contribution in [0.25, 0.3) is 0 Å². The minimum atomic E-state index is -4.29. The number of nitrogens with one attached hydrogen (secondary N) is 1. The van der Waals surface area contributed by atoms with Crippen molar-refractivity contribution in [3.63, 3.8) is 0 Å². The largest absolute Gasteiger partial charge is 0.493 e. The van der Waals surface area contributed by atoms with Crippen LogP contribution in [0.15, 0.2) is 77.7 Å². The van der Waals surface area contributed by atoms with Gasteiger partial charge in [-0.3, -0.25) is 13.9 Å². The van der Waals surface area contributed by atoms with Gasteiger partial charge in [0.05, 0.1) is 24.8 Å². The predicted molar refractivity (Wildman–Crippen MR) is 169 cm³/mol. The molecule has 232 valence electrons. The molecule has 0 fully saturated rings. The summed E-state index contributed by atoms with van der Waals surface area (Å²) in [6.45, 7) is 5.95. The fourth-order valence-electron chi connectivity index (χ4n) is 4.56. The van der Waals surface area contributed by atoms with Gasteiger partial charge in [0.15, 0.2) is 11.5 Å². The zero-order valence-corrected chi connectivity index (χ0v) is 26.8. The summed E-state index contributed by atoms with van der Waals surface area (Å²) in [6, 6.07) is 19.3. The first kappa shape index (κ1) is 33.7. The summed E-state index contributed by atoms with van der Waals surface area (Å²) in [5.41, 5.74) is 1.23. The highest BCUT2D eigenvalue weighted by Crippen LogP contribution is 2.32. The van der Waals surface area contributed by atoms with Crippen LogP contribution in [0.1, 0.15) is 32.8 Å². The Morgan fingerprint density at radius 2 is 1.58 bits per heavy atom. The van der Waals surface area contributed by atoms with Gasteiger partial charge >= 0.3 is 0 Å². The Hall–Kier alpha value is -3.76. The standard InChI is InChI=1S/C32H40ClN3O6S/c1-6-28(32(38)34-21-23(2)3)35(19-18-24-10-8-7-9-11-24)31(37)22-36(26-14-12-25(33)13-15-26)43(39,40)27-16-17-29(41-4)30(20-27)42-5/h7-17,20,23,28H,6,18-19,21-22H2,1-5H3,(H,34,38)/t28-/m1/s1. The van der Waals surface area contributed by atoms with Gasteiger partial charge in [0, 0.05) is 24.2 Å². The number of hydrogen-bond acceptors (Lipinski definition) is 6. The lowest BCUT2D eigenvalue weighted by Crippen LogP contribution is -2.53. The molecule has 0 unspecified atom stereocenters. The fourth-order valence-corrected chi connectivity index (χ4v) is 6.11. The van der Waals surface area contributed by atoms with Crippen molar-refractivity contribution in [2.75, 3.05) is 38.2 Å². The predicted octanol–water partition coefficient (Wildman–Crippen LogP) is 5.17. The van der Waals surface area contributed by atoms with Gasteiger partial charge in [-0.2, -0.15) is 0 Å². The molecule has 0 aliphatic rings. The fraction of sp³-hybridized carbons (Fsp3) is 0.375. The van der Waals surface area contributed by atoms with Gasteiger partial charge in [0.1, 0.15) is 12.6 Å². The van der Waals surface area contributed by atoms with Crippen LogP contribution in [0.2, 0.25) is 5.02 Å². The van der Waals surface area contributed by atoms with Crippen LogP contribution in [0.5, 0.6) is 11.5 Å². The molecule has 3 rings (SSSR count). The van der Waals surface area contributed by atoms with E-state index in [1.54, 1.807) is 12.1 Å². The Balaban J connectivity index is 2.03. The molecule has 9 nitrogen and oxygen atoms in total. The molecule has 0 heterocycles. The zero-order valence-electron chi connectivity index (χ0n) is 25.2. The number of nitrogens with zero attached hydrogens (tertiary/aromatic N) is 2. The Morgan fingerprint density at radius 1 is 0.930 bits per heavy atom. The van der Waals surface area contributed by atoms with Gasteiger partial charge in [-0.25, -0.2) is 8.42 Å². The van der Waals surface area contributed by atoms with Crippen molar-refractivity contribution in [2.24, 2.45) is 5.92 Å². The molecule has 0 saturated carbocycles. The number of halogens is 1. The third-order valence-electron chi connectivity index (χ3n) is 6.89. The van der Waals surface area contributed by atoms with E-state index in [-0.39, 0.29) is 34.7 Å². The van der Waals surface area contributed by atoms with Crippen molar-refractivity contribution in [3.8, 4) is 11.5 Å². The van der Waals surface area contributed by atoms with Gasteiger partial charge in [0.25, 0.3) is 10.0 Å². The average molecular weight is 630 g/mol. The zero-order chi connectivity index (χ0) is 31.6. The molecule has 0 aliphatic heterocycles.